The van der Waals surface area contributed by atoms with Crippen LogP contribution in [0.3, 0.4) is 0 Å². The van der Waals surface area contributed by atoms with Gasteiger partial charge in [-0.15, -0.1) is 0 Å². The van der Waals surface area contributed by atoms with Crippen molar-refractivity contribution in [2.45, 2.75) is 83.6 Å². The molecule has 0 radical (unpaired) electrons. The Labute approximate surface area is 163 Å². The summed E-state index contributed by atoms with van der Waals surface area (Å²) in [5.74, 6) is 5.13. The number of amides is 2. The second-order valence-corrected chi connectivity index (χ2v) is 10.9. The zero-order valence-electron chi connectivity index (χ0n) is 16.8. The molecule has 0 saturated heterocycles. The van der Waals surface area contributed by atoms with Crippen molar-refractivity contribution in [3.63, 3.8) is 0 Å². The van der Waals surface area contributed by atoms with E-state index in [9.17, 15) is 9.59 Å². The number of hydrogen-bond donors (Lipinski definition) is 2. The maximum atomic E-state index is 13.0. The van der Waals surface area contributed by atoms with Crippen molar-refractivity contribution in [2.75, 3.05) is 6.54 Å². The molecule has 6 saturated carbocycles. The molecule has 27 heavy (non-hydrogen) atoms. The van der Waals surface area contributed by atoms with Gasteiger partial charge in [-0.25, -0.2) is 0 Å². The lowest BCUT2D eigenvalue weighted by Gasteiger charge is -2.55. The van der Waals surface area contributed by atoms with Crippen LogP contribution in [-0.4, -0.2) is 24.4 Å². The lowest BCUT2D eigenvalue weighted by atomic mass is 9.49. The fourth-order valence-corrected chi connectivity index (χ4v) is 8.21. The number of carbonyl (C=O) groups is 2. The summed E-state index contributed by atoms with van der Waals surface area (Å²) in [5.41, 5.74) is -0.0956. The molecule has 2 N–H and O–H groups in total. The molecule has 6 bridgehead atoms. The maximum absolute atomic E-state index is 13.0. The zero-order chi connectivity index (χ0) is 18.6. The van der Waals surface area contributed by atoms with Crippen LogP contribution >= 0.6 is 0 Å². The summed E-state index contributed by atoms with van der Waals surface area (Å²) in [5, 5.41) is 6.37. The average Bonchev–Trinajstić information content (AvgIpc) is 3.23. The number of hydrogen-bond acceptors (Lipinski definition) is 2. The molecule has 6 aliphatic carbocycles. The second-order valence-electron chi connectivity index (χ2n) is 10.9. The van der Waals surface area contributed by atoms with E-state index in [2.05, 4.69) is 17.6 Å². The lowest BCUT2D eigenvalue weighted by molar-refractivity contribution is -0.146. The predicted molar refractivity (Wildman–Crippen MR) is 105 cm³/mol. The minimum Gasteiger partial charge on any atom is -0.355 e. The van der Waals surface area contributed by atoms with E-state index in [-0.39, 0.29) is 23.3 Å². The van der Waals surface area contributed by atoms with Gasteiger partial charge in [0.1, 0.15) is 0 Å². The Kier molecular flexibility index (Phi) is 4.52. The molecule has 0 aliphatic heterocycles. The minimum atomic E-state index is -0.0956. The third-order valence-corrected chi connectivity index (χ3v) is 8.98. The molecule has 0 aromatic rings. The highest BCUT2D eigenvalue weighted by Crippen LogP contribution is 2.60. The van der Waals surface area contributed by atoms with Crippen LogP contribution in [0.1, 0.15) is 77.6 Å². The lowest BCUT2D eigenvalue weighted by Crippen LogP contribution is -2.54. The Morgan fingerprint density at radius 2 is 1.59 bits per heavy atom. The zero-order valence-corrected chi connectivity index (χ0v) is 16.8. The molecular weight excluding hydrogens is 336 g/mol. The topological polar surface area (TPSA) is 58.2 Å². The highest BCUT2D eigenvalue weighted by Gasteiger charge is 2.54. The van der Waals surface area contributed by atoms with E-state index < -0.39 is 0 Å². The molecule has 0 aromatic heterocycles. The molecule has 2 amide bonds. The number of nitrogens with one attached hydrogen (secondary N) is 2. The minimum absolute atomic E-state index is 0.0956. The standard InChI is InChI=1S/C23H36N2O2/c1-14(20-10-15-2-3-19(20)9-15)25-21(26)4-5-24-22(27)23-11-16-6-17(12-23)8-18(7-16)13-23/h14-20H,2-13H2,1H3,(H,24,27)(H,25,26). The molecule has 4 heteroatoms. The first-order valence-electron chi connectivity index (χ1n) is 11.6. The van der Waals surface area contributed by atoms with Crippen LogP contribution in [-0.2, 0) is 9.59 Å². The van der Waals surface area contributed by atoms with Crippen LogP contribution < -0.4 is 10.6 Å². The molecule has 0 heterocycles. The largest absolute Gasteiger partial charge is 0.355 e. The summed E-state index contributed by atoms with van der Waals surface area (Å²) in [6, 6.07) is 0.284. The van der Waals surface area contributed by atoms with Gasteiger partial charge in [0, 0.05) is 24.4 Å². The quantitative estimate of drug-likeness (QED) is 0.748. The predicted octanol–water partition coefficient (Wildman–Crippen LogP) is 3.65. The van der Waals surface area contributed by atoms with Crippen molar-refractivity contribution in [3.8, 4) is 0 Å². The van der Waals surface area contributed by atoms with Gasteiger partial charge in [-0.2, -0.15) is 0 Å². The summed E-state index contributed by atoms with van der Waals surface area (Å²) < 4.78 is 0. The van der Waals surface area contributed by atoms with Crippen LogP contribution in [0.4, 0.5) is 0 Å². The van der Waals surface area contributed by atoms with Crippen LogP contribution in [0.2, 0.25) is 0 Å². The first-order chi connectivity index (χ1) is 13.0. The van der Waals surface area contributed by atoms with E-state index in [1.54, 1.807) is 0 Å². The van der Waals surface area contributed by atoms with Crippen molar-refractivity contribution >= 4 is 11.8 Å². The van der Waals surface area contributed by atoms with Crippen molar-refractivity contribution in [1.82, 2.24) is 10.6 Å². The molecule has 0 aromatic carbocycles. The molecule has 150 valence electrons. The summed E-state index contributed by atoms with van der Waals surface area (Å²) in [6.07, 6.45) is 13.2. The summed E-state index contributed by atoms with van der Waals surface area (Å²) in [7, 11) is 0. The molecule has 4 unspecified atom stereocenters. The van der Waals surface area contributed by atoms with Crippen molar-refractivity contribution in [1.29, 1.82) is 0 Å². The average molecular weight is 373 g/mol. The number of carbonyl (C=O) groups excluding carboxylic acids is 2. The smallest absolute Gasteiger partial charge is 0.226 e. The summed E-state index contributed by atoms with van der Waals surface area (Å²) in [6.45, 7) is 2.67. The van der Waals surface area contributed by atoms with Gasteiger partial charge in [0.25, 0.3) is 0 Å². The third-order valence-electron chi connectivity index (χ3n) is 8.98. The van der Waals surface area contributed by atoms with E-state index in [0.717, 1.165) is 48.9 Å². The van der Waals surface area contributed by atoms with Crippen molar-refractivity contribution in [2.24, 2.45) is 40.9 Å². The van der Waals surface area contributed by atoms with Crippen LogP contribution in [0.5, 0.6) is 0 Å². The molecule has 4 nitrogen and oxygen atoms in total. The second kappa shape index (κ2) is 6.77. The van der Waals surface area contributed by atoms with E-state index in [1.165, 1.54) is 44.9 Å². The van der Waals surface area contributed by atoms with E-state index in [0.29, 0.717) is 18.9 Å². The van der Waals surface area contributed by atoms with Gasteiger partial charge in [0.2, 0.25) is 11.8 Å². The summed E-state index contributed by atoms with van der Waals surface area (Å²) in [4.78, 5) is 25.3. The Balaban J connectivity index is 1.07. The monoisotopic (exact) mass is 372 g/mol. The van der Waals surface area contributed by atoms with Crippen LogP contribution in [0, 0.1) is 40.9 Å². The SMILES string of the molecule is CC(NC(=O)CCNC(=O)C12CC3CC(CC(C3)C1)C2)C1CC2CCC1C2. The Morgan fingerprint density at radius 1 is 0.926 bits per heavy atom. The molecular formula is C23H36N2O2. The molecule has 6 aliphatic rings. The first-order valence-corrected chi connectivity index (χ1v) is 11.6. The van der Waals surface area contributed by atoms with Crippen molar-refractivity contribution < 1.29 is 9.59 Å². The molecule has 0 spiro atoms. The highest BCUT2D eigenvalue weighted by atomic mass is 16.2. The number of rotatable bonds is 6. The molecule has 6 fully saturated rings. The number of fused-ring (bicyclic) bond motifs is 2. The fourth-order valence-electron chi connectivity index (χ4n) is 8.21. The van der Waals surface area contributed by atoms with Gasteiger partial charge in [0.05, 0.1) is 0 Å². The third kappa shape index (κ3) is 3.31. The maximum Gasteiger partial charge on any atom is 0.226 e. The van der Waals surface area contributed by atoms with Crippen LogP contribution in [0.25, 0.3) is 0 Å². The Morgan fingerprint density at radius 3 is 2.15 bits per heavy atom. The van der Waals surface area contributed by atoms with Crippen LogP contribution in [0.15, 0.2) is 0 Å². The van der Waals surface area contributed by atoms with E-state index >= 15 is 0 Å². The van der Waals surface area contributed by atoms with Gasteiger partial charge < -0.3 is 10.6 Å². The Hall–Kier alpha value is -1.06. The summed E-state index contributed by atoms with van der Waals surface area (Å²) >= 11 is 0. The van der Waals surface area contributed by atoms with E-state index in [4.69, 9.17) is 0 Å². The molecule has 4 atom stereocenters. The van der Waals surface area contributed by atoms with Gasteiger partial charge in [0.15, 0.2) is 0 Å². The molecule has 6 rings (SSSR count). The van der Waals surface area contributed by atoms with Gasteiger partial charge >= 0.3 is 0 Å². The van der Waals surface area contributed by atoms with Gasteiger partial charge in [-0.05, 0) is 100 Å². The van der Waals surface area contributed by atoms with Crippen molar-refractivity contribution in [3.05, 3.63) is 0 Å². The fraction of sp³-hybridized carbons (Fsp3) is 0.913. The Bertz CT molecular complexity index is 580. The van der Waals surface area contributed by atoms with Gasteiger partial charge in [-0.3, -0.25) is 9.59 Å². The normalized spacial score (nSPS) is 45.1. The van der Waals surface area contributed by atoms with Gasteiger partial charge in [-0.1, -0.05) is 6.42 Å². The highest BCUT2D eigenvalue weighted by molar-refractivity contribution is 5.84. The first kappa shape index (κ1) is 18.0. The van der Waals surface area contributed by atoms with E-state index in [1.807, 2.05) is 0 Å².